The van der Waals surface area contributed by atoms with Gasteiger partial charge in [-0.2, -0.15) is 0 Å². The van der Waals surface area contributed by atoms with Gasteiger partial charge in [0, 0.05) is 4.90 Å². The lowest BCUT2D eigenvalue weighted by Crippen LogP contribution is -2.08. The van der Waals surface area contributed by atoms with Gasteiger partial charge in [0.2, 0.25) is 5.91 Å². The van der Waals surface area contributed by atoms with E-state index in [0.29, 0.717) is 0 Å². The van der Waals surface area contributed by atoms with Crippen LogP contribution in [-0.2, 0) is 4.79 Å². The van der Waals surface area contributed by atoms with Crippen molar-refractivity contribution in [1.29, 1.82) is 0 Å². The van der Waals surface area contributed by atoms with Crippen LogP contribution in [0.3, 0.4) is 0 Å². The summed E-state index contributed by atoms with van der Waals surface area (Å²) in [6.07, 6.45) is 3.25. The Hall–Kier alpha value is -1.22. The van der Waals surface area contributed by atoms with Gasteiger partial charge in [-0.05, 0) is 30.9 Å². The molecule has 80 valence electrons. The van der Waals surface area contributed by atoms with E-state index in [1.165, 1.54) is 6.08 Å². The fraction of sp³-hybridized carbons (Fsp3) is 0.250. The highest BCUT2D eigenvalue weighted by molar-refractivity contribution is 7.99. The van der Waals surface area contributed by atoms with Gasteiger partial charge in [-0.1, -0.05) is 25.1 Å². The number of nitrogens with one attached hydrogen (secondary N) is 1. The molecule has 1 rings (SSSR count). The van der Waals surface area contributed by atoms with E-state index in [4.69, 9.17) is 0 Å². The van der Waals surface area contributed by atoms with E-state index in [9.17, 15) is 4.79 Å². The second-order valence-corrected chi connectivity index (χ2v) is 4.22. The third-order valence-electron chi connectivity index (χ3n) is 1.76. The van der Waals surface area contributed by atoms with Crippen molar-refractivity contribution in [2.75, 3.05) is 11.1 Å². The zero-order valence-electron chi connectivity index (χ0n) is 8.99. The Morgan fingerprint density at radius 2 is 2.20 bits per heavy atom. The first-order valence-electron chi connectivity index (χ1n) is 4.93. The molecular weight excluding hydrogens is 206 g/mol. The van der Waals surface area contributed by atoms with E-state index in [-0.39, 0.29) is 5.91 Å². The third kappa shape index (κ3) is 3.80. The Kier molecular flexibility index (Phi) is 4.98. The number of anilines is 1. The Morgan fingerprint density at radius 3 is 2.87 bits per heavy atom. The van der Waals surface area contributed by atoms with Gasteiger partial charge in [0.15, 0.2) is 0 Å². The van der Waals surface area contributed by atoms with Crippen molar-refractivity contribution < 1.29 is 4.79 Å². The SMILES string of the molecule is CC=CC(=O)Nc1ccccc1SCC. The smallest absolute Gasteiger partial charge is 0.248 e. The molecule has 1 amide bonds. The first-order chi connectivity index (χ1) is 7.27. The normalized spacial score (nSPS) is 10.5. The molecule has 0 atom stereocenters. The average Bonchev–Trinajstić information content (AvgIpc) is 2.21. The first kappa shape index (κ1) is 11.9. The number of hydrogen-bond donors (Lipinski definition) is 1. The minimum absolute atomic E-state index is 0.0818. The van der Waals surface area contributed by atoms with Crippen molar-refractivity contribution in [2.45, 2.75) is 18.7 Å². The highest BCUT2D eigenvalue weighted by atomic mass is 32.2. The van der Waals surface area contributed by atoms with E-state index in [2.05, 4.69) is 12.2 Å². The molecular formula is C12H15NOS. The molecule has 1 N–H and O–H groups in total. The first-order valence-corrected chi connectivity index (χ1v) is 5.92. The van der Waals surface area contributed by atoms with Crippen LogP contribution in [0.5, 0.6) is 0 Å². The van der Waals surface area contributed by atoms with Crippen LogP contribution in [0.2, 0.25) is 0 Å². The summed E-state index contributed by atoms with van der Waals surface area (Å²) in [5.74, 6) is 0.915. The highest BCUT2D eigenvalue weighted by Gasteiger charge is 2.03. The van der Waals surface area contributed by atoms with E-state index >= 15 is 0 Å². The molecule has 0 unspecified atom stereocenters. The molecule has 2 nitrogen and oxygen atoms in total. The van der Waals surface area contributed by atoms with E-state index < -0.39 is 0 Å². The number of allylic oxidation sites excluding steroid dienone is 1. The Bertz CT molecular complexity index is 360. The molecule has 15 heavy (non-hydrogen) atoms. The molecule has 0 aliphatic carbocycles. The molecule has 0 aliphatic heterocycles. The zero-order valence-corrected chi connectivity index (χ0v) is 9.80. The Labute approximate surface area is 94.8 Å². The minimum atomic E-state index is -0.0818. The van der Waals surface area contributed by atoms with Crippen molar-refractivity contribution in [3.05, 3.63) is 36.4 Å². The fourth-order valence-corrected chi connectivity index (χ4v) is 1.94. The van der Waals surface area contributed by atoms with Crippen molar-refractivity contribution in [2.24, 2.45) is 0 Å². The van der Waals surface area contributed by atoms with Crippen LogP contribution >= 0.6 is 11.8 Å². The number of carbonyl (C=O) groups excluding carboxylic acids is 1. The maximum atomic E-state index is 11.4. The summed E-state index contributed by atoms with van der Waals surface area (Å²) in [4.78, 5) is 12.5. The van der Waals surface area contributed by atoms with Crippen molar-refractivity contribution in [3.63, 3.8) is 0 Å². The number of rotatable bonds is 4. The Balaban J connectivity index is 2.79. The standard InChI is InChI=1S/C12H15NOS/c1-3-7-12(14)13-10-8-5-6-9-11(10)15-4-2/h3,5-9H,4H2,1-2H3,(H,13,14). The van der Waals surface area contributed by atoms with Crippen LogP contribution in [0.4, 0.5) is 5.69 Å². The van der Waals surface area contributed by atoms with E-state index in [1.54, 1.807) is 17.8 Å². The molecule has 0 bridgehead atoms. The molecule has 3 heteroatoms. The summed E-state index contributed by atoms with van der Waals surface area (Å²) >= 11 is 1.72. The van der Waals surface area contributed by atoms with Crippen LogP contribution in [0.1, 0.15) is 13.8 Å². The number of thioether (sulfide) groups is 1. The summed E-state index contributed by atoms with van der Waals surface area (Å²) < 4.78 is 0. The molecule has 0 spiro atoms. The topological polar surface area (TPSA) is 29.1 Å². The van der Waals surface area contributed by atoms with Gasteiger partial charge in [-0.3, -0.25) is 4.79 Å². The van der Waals surface area contributed by atoms with Gasteiger partial charge in [-0.15, -0.1) is 11.8 Å². The number of hydrogen-bond acceptors (Lipinski definition) is 2. The largest absolute Gasteiger partial charge is 0.321 e. The quantitative estimate of drug-likeness (QED) is 0.624. The molecule has 0 heterocycles. The molecule has 0 radical (unpaired) electrons. The zero-order chi connectivity index (χ0) is 11.1. The van der Waals surface area contributed by atoms with Gasteiger partial charge in [0.25, 0.3) is 0 Å². The second-order valence-electron chi connectivity index (χ2n) is 2.92. The molecule has 0 saturated heterocycles. The molecule has 1 aromatic rings. The van der Waals surface area contributed by atoms with E-state index in [1.807, 2.05) is 31.2 Å². The second kappa shape index (κ2) is 6.30. The lowest BCUT2D eigenvalue weighted by molar-refractivity contribution is -0.111. The van der Waals surface area contributed by atoms with Crippen molar-refractivity contribution in [3.8, 4) is 0 Å². The summed E-state index contributed by atoms with van der Waals surface area (Å²) in [5.41, 5.74) is 0.882. The van der Waals surface area contributed by atoms with Crippen LogP contribution in [0, 0.1) is 0 Å². The lowest BCUT2D eigenvalue weighted by atomic mass is 10.3. The number of amides is 1. The fourth-order valence-electron chi connectivity index (χ4n) is 1.18. The maximum absolute atomic E-state index is 11.4. The van der Waals surface area contributed by atoms with Crippen LogP contribution in [0.15, 0.2) is 41.3 Å². The van der Waals surface area contributed by atoms with Gasteiger partial charge < -0.3 is 5.32 Å². The number of carbonyl (C=O) groups is 1. The molecule has 0 fully saturated rings. The lowest BCUT2D eigenvalue weighted by Gasteiger charge is -2.07. The predicted molar refractivity (Wildman–Crippen MR) is 66.3 cm³/mol. The molecule has 1 aromatic carbocycles. The summed E-state index contributed by atoms with van der Waals surface area (Å²) in [6, 6.07) is 7.83. The summed E-state index contributed by atoms with van der Waals surface area (Å²) in [5, 5.41) is 2.85. The van der Waals surface area contributed by atoms with Gasteiger partial charge in [0.05, 0.1) is 5.69 Å². The summed E-state index contributed by atoms with van der Waals surface area (Å²) in [7, 11) is 0. The monoisotopic (exact) mass is 221 g/mol. The van der Waals surface area contributed by atoms with Gasteiger partial charge in [-0.25, -0.2) is 0 Å². The van der Waals surface area contributed by atoms with Crippen molar-refractivity contribution in [1.82, 2.24) is 0 Å². The molecule has 0 aromatic heterocycles. The number of benzene rings is 1. The Morgan fingerprint density at radius 1 is 1.47 bits per heavy atom. The maximum Gasteiger partial charge on any atom is 0.248 e. The van der Waals surface area contributed by atoms with Crippen LogP contribution in [0.25, 0.3) is 0 Å². The highest BCUT2D eigenvalue weighted by Crippen LogP contribution is 2.26. The molecule has 0 aliphatic rings. The number of para-hydroxylation sites is 1. The van der Waals surface area contributed by atoms with Crippen LogP contribution < -0.4 is 5.32 Å². The molecule has 0 saturated carbocycles. The minimum Gasteiger partial charge on any atom is -0.321 e. The van der Waals surface area contributed by atoms with Crippen LogP contribution in [-0.4, -0.2) is 11.7 Å². The predicted octanol–water partition coefficient (Wildman–Crippen LogP) is 3.31. The van der Waals surface area contributed by atoms with Gasteiger partial charge in [0.1, 0.15) is 0 Å². The van der Waals surface area contributed by atoms with Gasteiger partial charge >= 0.3 is 0 Å². The summed E-state index contributed by atoms with van der Waals surface area (Å²) in [6.45, 7) is 3.92. The van der Waals surface area contributed by atoms with E-state index in [0.717, 1.165) is 16.3 Å². The van der Waals surface area contributed by atoms with Crippen molar-refractivity contribution >= 4 is 23.4 Å². The third-order valence-corrected chi connectivity index (χ3v) is 2.72. The average molecular weight is 221 g/mol.